The predicted molar refractivity (Wildman–Crippen MR) is 71.7 cm³/mol. The molecule has 3 heterocycles. The zero-order chi connectivity index (χ0) is 12.5. The average molecular weight is 260 g/mol. The lowest BCUT2D eigenvalue weighted by atomic mass is 10.4. The van der Waals surface area contributed by atoms with Gasteiger partial charge in [0.25, 0.3) is 5.56 Å². The molecule has 0 fully saturated rings. The van der Waals surface area contributed by atoms with Crippen molar-refractivity contribution in [3.8, 4) is 0 Å². The van der Waals surface area contributed by atoms with Crippen LogP contribution in [-0.4, -0.2) is 14.5 Å². The maximum Gasteiger partial charge on any atom is 0.268 e. The second-order valence-electron chi connectivity index (χ2n) is 3.98. The number of aromatic nitrogens is 3. The Morgan fingerprint density at radius 2 is 2.33 bits per heavy atom. The smallest absolute Gasteiger partial charge is 0.268 e. The van der Waals surface area contributed by atoms with Gasteiger partial charge < -0.3 is 15.3 Å². The fourth-order valence-corrected chi connectivity index (χ4v) is 2.67. The van der Waals surface area contributed by atoms with Crippen molar-refractivity contribution in [2.45, 2.75) is 13.1 Å². The molecule has 0 aliphatic rings. The first kappa shape index (κ1) is 11.2. The molecule has 0 amide bonds. The quantitative estimate of drug-likeness (QED) is 0.745. The van der Waals surface area contributed by atoms with Crippen molar-refractivity contribution in [2.75, 3.05) is 0 Å². The highest BCUT2D eigenvalue weighted by molar-refractivity contribution is 7.17. The van der Waals surface area contributed by atoms with Gasteiger partial charge in [0.2, 0.25) is 0 Å². The van der Waals surface area contributed by atoms with Gasteiger partial charge in [-0.05, 0) is 23.6 Å². The lowest BCUT2D eigenvalue weighted by molar-refractivity contribution is 0.707. The molecule has 0 atom stereocenters. The van der Waals surface area contributed by atoms with E-state index in [2.05, 4.69) is 9.97 Å². The molecule has 6 heteroatoms. The third-order valence-electron chi connectivity index (χ3n) is 2.82. The van der Waals surface area contributed by atoms with E-state index < -0.39 is 0 Å². The summed E-state index contributed by atoms with van der Waals surface area (Å²) in [6.07, 6.45) is 1.93. The lowest BCUT2D eigenvalue weighted by Gasteiger charge is -2.06. The number of fused-ring (bicyclic) bond motifs is 1. The minimum atomic E-state index is -0.0774. The van der Waals surface area contributed by atoms with Gasteiger partial charge in [0, 0.05) is 18.4 Å². The van der Waals surface area contributed by atoms with E-state index in [1.807, 2.05) is 34.3 Å². The second-order valence-corrected chi connectivity index (χ2v) is 4.90. The summed E-state index contributed by atoms with van der Waals surface area (Å²) in [6.45, 7) is 0.998. The summed E-state index contributed by atoms with van der Waals surface area (Å²) in [5, 5.41) is 1.87. The molecule has 0 aliphatic carbocycles. The number of nitrogens with two attached hydrogens (primary N) is 1. The van der Waals surface area contributed by atoms with E-state index in [0.717, 1.165) is 11.2 Å². The van der Waals surface area contributed by atoms with Crippen LogP contribution in [0.25, 0.3) is 10.2 Å². The van der Waals surface area contributed by atoms with Gasteiger partial charge in [0.15, 0.2) is 0 Å². The van der Waals surface area contributed by atoms with Crippen LogP contribution in [0.3, 0.4) is 0 Å². The highest BCUT2D eigenvalue weighted by Gasteiger charge is 2.06. The van der Waals surface area contributed by atoms with Gasteiger partial charge >= 0.3 is 0 Å². The molecular weight excluding hydrogens is 248 g/mol. The number of nitrogens with zero attached hydrogens (tertiary/aromatic N) is 2. The number of thiophene rings is 1. The van der Waals surface area contributed by atoms with Crippen molar-refractivity contribution in [2.24, 2.45) is 5.73 Å². The zero-order valence-corrected chi connectivity index (χ0v) is 10.4. The summed E-state index contributed by atoms with van der Waals surface area (Å²) in [7, 11) is 0. The van der Waals surface area contributed by atoms with Crippen LogP contribution in [0.5, 0.6) is 0 Å². The molecule has 0 saturated heterocycles. The van der Waals surface area contributed by atoms with Crippen molar-refractivity contribution in [1.29, 1.82) is 0 Å². The van der Waals surface area contributed by atoms with Crippen molar-refractivity contribution in [3.63, 3.8) is 0 Å². The van der Waals surface area contributed by atoms with E-state index in [-0.39, 0.29) is 5.56 Å². The van der Waals surface area contributed by atoms with Crippen LogP contribution < -0.4 is 11.3 Å². The molecule has 3 N–H and O–H groups in total. The fourth-order valence-electron chi connectivity index (χ4n) is 1.95. The zero-order valence-electron chi connectivity index (χ0n) is 9.59. The largest absolute Gasteiger partial charge is 0.343 e. The van der Waals surface area contributed by atoms with Crippen LogP contribution in [-0.2, 0) is 13.1 Å². The predicted octanol–water partition coefficient (Wildman–Crippen LogP) is 1.29. The molecule has 0 radical (unpaired) electrons. The first-order valence-corrected chi connectivity index (χ1v) is 6.46. The molecule has 0 unspecified atom stereocenters. The third-order valence-corrected chi connectivity index (χ3v) is 3.72. The maximum atomic E-state index is 11.8. The molecular formula is C12H12N4OS. The van der Waals surface area contributed by atoms with E-state index in [9.17, 15) is 4.79 Å². The van der Waals surface area contributed by atoms with Crippen molar-refractivity contribution in [1.82, 2.24) is 14.5 Å². The first-order valence-electron chi connectivity index (χ1n) is 5.58. The summed E-state index contributed by atoms with van der Waals surface area (Å²) in [5.41, 5.74) is 7.33. The monoisotopic (exact) mass is 260 g/mol. The average Bonchev–Trinajstić information content (AvgIpc) is 2.97. The van der Waals surface area contributed by atoms with Crippen LogP contribution in [0.2, 0.25) is 0 Å². The molecule has 92 valence electrons. The number of aromatic amines is 1. The summed E-state index contributed by atoms with van der Waals surface area (Å²) in [5.74, 6) is 0.650. The van der Waals surface area contributed by atoms with Crippen LogP contribution in [0.15, 0.2) is 34.6 Å². The molecule has 5 nitrogen and oxygen atoms in total. The Morgan fingerprint density at radius 3 is 3.17 bits per heavy atom. The summed E-state index contributed by atoms with van der Waals surface area (Å²) >= 11 is 1.41. The number of H-pyrrole nitrogens is 1. The van der Waals surface area contributed by atoms with Gasteiger partial charge in [-0.15, -0.1) is 11.3 Å². The summed E-state index contributed by atoms with van der Waals surface area (Å²) < 4.78 is 2.65. The highest BCUT2D eigenvalue weighted by atomic mass is 32.1. The maximum absolute atomic E-state index is 11.8. The van der Waals surface area contributed by atoms with Crippen molar-refractivity contribution < 1.29 is 0 Å². The van der Waals surface area contributed by atoms with Crippen molar-refractivity contribution in [3.05, 3.63) is 51.6 Å². The molecule has 0 aromatic carbocycles. The van der Waals surface area contributed by atoms with Gasteiger partial charge in [-0.2, -0.15) is 0 Å². The van der Waals surface area contributed by atoms with Gasteiger partial charge in [-0.25, -0.2) is 4.98 Å². The molecule has 0 saturated carbocycles. The summed E-state index contributed by atoms with van der Waals surface area (Å²) in [4.78, 5) is 19.1. The number of nitrogens with one attached hydrogen (secondary N) is 1. The molecule has 0 aliphatic heterocycles. The van der Waals surface area contributed by atoms with Crippen LogP contribution in [0, 0.1) is 0 Å². The fraction of sp³-hybridized carbons (Fsp3) is 0.167. The number of rotatable bonds is 3. The summed E-state index contributed by atoms with van der Waals surface area (Å²) in [6, 6.07) is 5.75. The van der Waals surface area contributed by atoms with Gasteiger partial charge in [-0.1, -0.05) is 0 Å². The first-order chi connectivity index (χ1) is 8.78. The SMILES string of the molecule is NCc1cccn1Cc1nc2ccsc2c(=O)[nH]1. The minimum absolute atomic E-state index is 0.0774. The highest BCUT2D eigenvalue weighted by Crippen LogP contribution is 2.14. The van der Waals surface area contributed by atoms with E-state index in [1.54, 1.807) is 0 Å². The van der Waals surface area contributed by atoms with E-state index in [0.29, 0.717) is 23.6 Å². The number of hydrogen-bond acceptors (Lipinski definition) is 4. The van der Waals surface area contributed by atoms with Crippen molar-refractivity contribution >= 4 is 21.6 Å². The van der Waals surface area contributed by atoms with Crippen LogP contribution in [0.4, 0.5) is 0 Å². The van der Waals surface area contributed by atoms with E-state index in [4.69, 9.17) is 5.73 Å². The van der Waals surface area contributed by atoms with Crippen LogP contribution >= 0.6 is 11.3 Å². The Kier molecular flexibility index (Phi) is 2.73. The minimum Gasteiger partial charge on any atom is -0.343 e. The molecule has 0 bridgehead atoms. The molecule has 3 rings (SSSR count). The van der Waals surface area contributed by atoms with Crippen LogP contribution in [0.1, 0.15) is 11.5 Å². The van der Waals surface area contributed by atoms with Gasteiger partial charge in [0.1, 0.15) is 10.5 Å². The Hall–Kier alpha value is -1.92. The number of hydrogen-bond donors (Lipinski definition) is 2. The Balaban J connectivity index is 2.02. The van der Waals surface area contributed by atoms with E-state index in [1.165, 1.54) is 11.3 Å². The normalized spacial score (nSPS) is 11.2. The molecule has 0 spiro atoms. The topological polar surface area (TPSA) is 76.7 Å². The Labute approximate surface area is 107 Å². The second kappa shape index (κ2) is 4.40. The third kappa shape index (κ3) is 1.85. The molecule has 3 aromatic rings. The van der Waals surface area contributed by atoms with Gasteiger partial charge in [0.05, 0.1) is 12.1 Å². The lowest BCUT2D eigenvalue weighted by Crippen LogP contribution is -2.15. The van der Waals surface area contributed by atoms with E-state index >= 15 is 0 Å². The standard InChI is InChI=1S/C12H12N4OS/c13-6-8-2-1-4-16(8)7-10-14-9-3-5-18-11(9)12(17)15-10/h1-5H,6-7,13H2,(H,14,15,17). The Morgan fingerprint density at radius 1 is 1.44 bits per heavy atom. The molecule has 3 aromatic heterocycles. The Bertz CT molecular complexity index is 740. The molecule has 18 heavy (non-hydrogen) atoms. The van der Waals surface area contributed by atoms with Gasteiger partial charge in [-0.3, -0.25) is 4.79 Å².